The van der Waals surface area contributed by atoms with Crippen LogP contribution in [0.5, 0.6) is 0 Å². The first-order chi connectivity index (χ1) is 12.0. The minimum absolute atomic E-state index is 0.0290. The van der Waals surface area contributed by atoms with E-state index in [0.717, 1.165) is 38.5 Å². The number of carbonyl (C=O) groups excluding carboxylic acids is 2. The van der Waals surface area contributed by atoms with Gasteiger partial charge in [0.05, 0.1) is 25.0 Å². The first-order valence-corrected chi connectivity index (χ1v) is 10.4. The van der Waals surface area contributed by atoms with Gasteiger partial charge in [-0.2, -0.15) is 0 Å². The van der Waals surface area contributed by atoms with E-state index in [2.05, 4.69) is 6.92 Å². The number of hydrogen-bond acceptors (Lipinski definition) is 4. The SMILES string of the molecule is CCCCCCCCCOC(=O)C1CCC(C(=O)OCC(C)C)CC1. The third-order valence-corrected chi connectivity index (χ3v) is 4.94. The fourth-order valence-corrected chi connectivity index (χ4v) is 3.28. The molecule has 0 N–H and O–H groups in total. The van der Waals surface area contributed by atoms with Gasteiger partial charge in [0.1, 0.15) is 0 Å². The summed E-state index contributed by atoms with van der Waals surface area (Å²) in [6.07, 6.45) is 11.5. The highest BCUT2D eigenvalue weighted by molar-refractivity contribution is 5.75. The Morgan fingerprint density at radius 2 is 1.28 bits per heavy atom. The molecule has 0 aromatic heterocycles. The molecule has 4 heteroatoms. The quantitative estimate of drug-likeness (QED) is 0.353. The van der Waals surface area contributed by atoms with Crippen LogP contribution in [0.1, 0.15) is 91.4 Å². The lowest BCUT2D eigenvalue weighted by atomic mass is 9.82. The Morgan fingerprint density at radius 3 is 1.80 bits per heavy atom. The molecular weight excluding hydrogens is 316 g/mol. The number of hydrogen-bond donors (Lipinski definition) is 0. The molecule has 0 aromatic rings. The zero-order chi connectivity index (χ0) is 18.5. The summed E-state index contributed by atoms with van der Waals surface area (Å²) in [6, 6.07) is 0. The minimum atomic E-state index is -0.0939. The Labute approximate surface area is 154 Å². The predicted molar refractivity (Wildman–Crippen MR) is 100 cm³/mol. The van der Waals surface area contributed by atoms with Crippen molar-refractivity contribution in [3.05, 3.63) is 0 Å². The predicted octanol–water partition coefficient (Wildman–Crippen LogP) is 5.29. The van der Waals surface area contributed by atoms with Crippen molar-refractivity contribution in [3.63, 3.8) is 0 Å². The van der Waals surface area contributed by atoms with Gasteiger partial charge in [0.25, 0.3) is 0 Å². The molecule has 0 spiro atoms. The summed E-state index contributed by atoms with van der Waals surface area (Å²) in [7, 11) is 0. The molecule has 146 valence electrons. The van der Waals surface area contributed by atoms with Gasteiger partial charge in [-0.25, -0.2) is 0 Å². The molecule has 0 heterocycles. The molecular formula is C21H38O4. The number of rotatable bonds is 12. The molecule has 0 aromatic carbocycles. The molecule has 4 nitrogen and oxygen atoms in total. The van der Waals surface area contributed by atoms with Gasteiger partial charge in [0.2, 0.25) is 0 Å². The monoisotopic (exact) mass is 354 g/mol. The van der Waals surface area contributed by atoms with E-state index in [1.807, 2.05) is 13.8 Å². The lowest BCUT2D eigenvalue weighted by Crippen LogP contribution is -2.29. The third kappa shape index (κ3) is 9.86. The van der Waals surface area contributed by atoms with E-state index in [4.69, 9.17) is 9.47 Å². The molecule has 0 atom stereocenters. The zero-order valence-electron chi connectivity index (χ0n) is 16.6. The van der Waals surface area contributed by atoms with Gasteiger partial charge in [0, 0.05) is 0 Å². The van der Waals surface area contributed by atoms with Crippen LogP contribution in [0.25, 0.3) is 0 Å². The number of unbranched alkanes of at least 4 members (excludes halogenated alkanes) is 6. The largest absolute Gasteiger partial charge is 0.465 e. The average molecular weight is 355 g/mol. The zero-order valence-corrected chi connectivity index (χ0v) is 16.6. The van der Waals surface area contributed by atoms with Gasteiger partial charge in [0.15, 0.2) is 0 Å². The first kappa shape index (κ1) is 22.0. The van der Waals surface area contributed by atoms with E-state index in [0.29, 0.717) is 19.1 Å². The van der Waals surface area contributed by atoms with Crippen LogP contribution in [0, 0.1) is 17.8 Å². The maximum atomic E-state index is 12.1. The second-order valence-corrected chi connectivity index (χ2v) is 7.86. The van der Waals surface area contributed by atoms with Gasteiger partial charge >= 0.3 is 11.9 Å². The summed E-state index contributed by atoms with van der Waals surface area (Å²) >= 11 is 0. The van der Waals surface area contributed by atoms with Gasteiger partial charge < -0.3 is 9.47 Å². The van der Waals surface area contributed by atoms with Crippen LogP contribution in [0.4, 0.5) is 0 Å². The Morgan fingerprint density at radius 1 is 0.800 bits per heavy atom. The van der Waals surface area contributed by atoms with Crippen molar-refractivity contribution in [3.8, 4) is 0 Å². The van der Waals surface area contributed by atoms with Crippen LogP contribution in [-0.2, 0) is 19.1 Å². The maximum Gasteiger partial charge on any atom is 0.308 e. The smallest absolute Gasteiger partial charge is 0.308 e. The second kappa shape index (κ2) is 13.2. The van der Waals surface area contributed by atoms with Crippen LogP contribution < -0.4 is 0 Å². The molecule has 0 radical (unpaired) electrons. The Kier molecular flexibility index (Phi) is 11.6. The summed E-state index contributed by atoms with van der Waals surface area (Å²) in [6.45, 7) is 7.32. The van der Waals surface area contributed by atoms with Crippen molar-refractivity contribution in [1.82, 2.24) is 0 Å². The molecule has 0 bridgehead atoms. The Bertz CT molecular complexity index is 370. The molecule has 0 amide bonds. The van der Waals surface area contributed by atoms with Crippen LogP contribution in [0.2, 0.25) is 0 Å². The summed E-state index contributed by atoms with van der Waals surface area (Å²) < 4.78 is 10.7. The van der Waals surface area contributed by atoms with E-state index >= 15 is 0 Å². The van der Waals surface area contributed by atoms with E-state index in [-0.39, 0.29) is 23.8 Å². The van der Waals surface area contributed by atoms with E-state index in [9.17, 15) is 9.59 Å². The van der Waals surface area contributed by atoms with E-state index < -0.39 is 0 Å². The molecule has 1 fully saturated rings. The van der Waals surface area contributed by atoms with Crippen molar-refractivity contribution in [2.75, 3.05) is 13.2 Å². The van der Waals surface area contributed by atoms with Crippen LogP contribution in [-0.4, -0.2) is 25.2 Å². The highest BCUT2D eigenvalue weighted by Gasteiger charge is 2.31. The van der Waals surface area contributed by atoms with Crippen molar-refractivity contribution < 1.29 is 19.1 Å². The molecule has 0 unspecified atom stereocenters. The highest BCUT2D eigenvalue weighted by atomic mass is 16.5. The molecule has 1 aliphatic carbocycles. The second-order valence-electron chi connectivity index (χ2n) is 7.86. The maximum absolute atomic E-state index is 12.1. The molecule has 0 aliphatic heterocycles. The number of ether oxygens (including phenoxy) is 2. The molecule has 1 rings (SSSR count). The summed E-state index contributed by atoms with van der Waals surface area (Å²) in [5.41, 5.74) is 0. The minimum Gasteiger partial charge on any atom is -0.465 e. The van der Waals surface area contributed by atoms with E-state index in [1.165, 1.54) is 32.1 Å². The topological polar surface area (TPSA) is 52.6 Å². The van der Waals surface area contributed by atoms with Crippen molar-refractivity contribution in [2.24, 2.45) is 17.8 Å². The summed E-state index contributed by atoms with van der Waals surface area (Å²) in [5.74, 6) is 0.134. The van der Waals surface area contributed by atoms with Crippen molar-refractivity contribution >= 4 is 11.9 Å². The van der Waals surface area contributed by atoms with Crippen LogP contribution >= 0.6 is 0 Å². The fourth-order valence-electron chi connectivity index (χ4n) is 3.28. The Hall–Kier alpha value is -1.06. The van der Waals surface area contributed by atoms with Crippen LogP contribution in [0.15, 0.2) is 0 Å². The van der Waals surface area contributed by atoms with Gasteiger partial charge in [-0.1, -0.05) is 59.3 Å². The Balaban J connectivity index is 2.07. The van der Waals surface area contributed by atoms with E-state index in [1.54, 1.807) is 0 Å². The molecule has 1 saturated carbocycles. The van der Waals surface area contributed by atoms with Crippen molar-refractivity contribution in [1.29, 1.82) is 0 Å². The summed E-state index contributed by atoms with van der Waals surface area (Å²) in [4.78, 5) is 24.1. The fraction of sp³-hybridized carbons (Fsp3) is 0.905. The molecule has 25 heavy (non-hydrogen) atoms. The summed E-state index contributed by atoms with van der Waals surface area (Å²) in [5, 5.41) is 0. The van der Waals surface area contributed by atoms with Crippen molar-refractivity contribution in [2.45, 2.75) is 91.4 Å². The van der Waals surface area contributed by atoms with Gasteiger partial charge in [-0.15, -0.1) is 0 Å². The lowest BCUT2D eigenvalue weighted by Gasteiger charge is -2.26. The highest BCUT2D eigenvalue weighted by Crippen LogP contribution is 2.30. The number of carbonyl (C=O) groups is 2. The normalized spacial score (nSPS) is 20.5. The van der Waals surface area contributed by atoms with Crippen LogP contribution in [0.3, 0.4) is 0 Å². The van der Waals surface area contributed by atoms with Gasteiger partial charge in [-0.05, 0) is 38.0 Å². The third-order valence-electron chi connectivity index (χ3n) is 4.94. The lowest BCUT2D eigenvalue weighted by molar-refractivity contribution is -0.155. The molecule has 0 saturated heterocycles. The standard InChI is InChI=1S/C21H38O4/c1-4-5-6-7-8-9-10-15-24-20(22)18-11-13-19(14-12-18)21(23)25-16-17(2)3/h17-19H,4-16H2,1-3H3. The molecule has 1 aliphatic rings. The first-order valence-electron chi connectivity index (χ1n) is 10.4. The number of esters is 2. The van der Waals surface area contributed by atoms with Gasteiger partial charge in [-0.3, -0.25) is 9.59 Å². The average Bonchev–Trinajstić information content (AvgIpc) is 2.61.